The maximum atomic E-state index is 12.8. The van der Waals surface area contributed by atoms with Crippen LogP contribution in [0, 0.1) is 17.2 Å². The Morgan fingerprint density at radius 2 is 1.83 bits per heavy atom. The Morgan fingerprint density at radius 3 is 2.36 bits per heavy atom. The molecule has 2 heterocycles. The number of nitrogens with zero attached hydrogens (tertiary/aromatic N) is 5. The first-order valence-electron chi connectivity index (χ1n) is 11.0. The van der Waals surface area contributed by atoms with Gasteiger partial charge in [-0.25, -0.2) is 9.78 Å². The zero-order valence-electron chi connectivity index (χ0n) is 19.8. The number of hydrogen-bond donors (Lipinski definition) is 2. The van der Waals surface area contributed by atoms with Crippen LogP contribution in [0.1, 0.15) is 35.6 Å². The maximum Gasteiger partial charge on any atom is 0.490 e. The van der Waals surface area contributed by atoms with Crippen LogP contribution in [0.2, 0.25) is 0 Å². The van der Waals surface area contributed by atoms with Gasteiger partial charge in [0.1, 0.15) is 6.07 Å². The number of hydrazine groups is 1. The summed E-state index contributed by atoms with van der Waals surface area (Å²) >= 11 is 0. The second-order valence-corrected chi connectivity index (χ2v) is 8.18. The predicted octanol–water partition coefficient (Wildman–Crippen LogP) is 2.62. The Labute approximate surface area is 206 Å². The number of nitriles is 1. The third-order valence-corrected chi connectivity index (χ3v) is 4.77. The van der Waals surface area contributed by atoms with Crippen molar-refractivity contribution < 1.29 is 32.6 Å². The number of hydrogen-bond acceptors (Lipinski definition) is 8. The van der Waals surface area contributed by atoms with E-state index in [4.69, 9.17) is 19.9 Å². The minimum absolute atomic E-state index is 0.0676. The van der Waals surface area contributed by atoms with E-state index >= 15 is 0 Å². The van der Waals surface area contributed by atoms with Gasteiger partial charge in [0.25, 0.3) is 5.91 Å². The maximum absolute atomic E-state index is 12.8. The van der Waals surface area contributed by atoms with Gasteiger partial charge in [0.15, 0.2) is 5.82 Å². The van der Waals surface area contributed by atoms with E-state index in [1.54, 1.807) is 11.1 Å². The van der Waals surface area contributed by atoms with Gasteiger partial charge in [-0.1, -0.05) is 26.0 Å². The summed E-state index contributed by atoms with van der Waals surface area (Å²) < 4.78 is 37.1. The minimum Gasteiger partial charge on any atom is -0.475 e. The molecule has 0 spiro atoms. The van der Waals surface area contributed by atoms with Crippen LogP contribution in [-0.4, -0.2) is 70.9 Å². The summed E-state index contributed by atoms with van der Waals surface area (Å²) in [5, 5.41) is 17.8. The SMILES string of the molecule is CC(C)CN(NC(=O)c1ccc(CN2CCOCC2)cc1)c1ccnc(C#N)n1.O=C(O)C(F)(F)F. The monoisotopic (exact) mass is 508 g/mol. The fourth-order valence-corrected chi connectivity index (χ4v) is 3.08. The molecule has 10 nitrogen and oxygen atoms in total. The molecule has 0 bridgehead atoms. The smallest absolute Gasteiger partial charge is 0.475 e. The first-order chi connectivity index (χ1) is 17.0. The predicted molar refractivity (Wildman–Crippen MR) is 123 cm³/mol. The van der Waals surface area contributed by atoms with E-state index in [2.05, 4.69) is 20.3 Å². The van der Waals surface area contributed by atoms with Crippen molar-refractivity contribution in [2.45, 2.75) is 26.6 Å². The van der Waals surface area contributed by atoms with E-state index in [-0.39, 0.29) is 17.6 Å². The van der Waals surface area contributed by atoms with Crippen molar-refractivity contribution in [2.75, 3.05) is 37.9 Å². The number of rotatable bonds is 7. The fourth-order valence-electron chi connectivity index (χ4n) is 3.08. The van der Waals surface area contributed by atoms with E-state index in [0.717, 1.165) is 38.4 Å². The molecule has 0 aliphatic carbocycles. The Kier molecular flexibility index (Phi) is 10.6. The molecule has 1 aromatic heterocycles. The van der Waals surface area contributed by atoms with Gasteiger partial charge >= 0.3 is 12.1 Å². The molecule has 1 aromatic carbocycles. The highest BCUT2D eigenvalue weighted by atomic mass is 19.4. The van der Waals surface area contributed by atoms with Gasteiger partial charge in [-0.3, -0.25) is 20.1 Å². The molecule has 1 aliphatic rings. The Hall–Kier alpha value is -3.76. The van der Waals surface area contributed by atoms with Gasteiger partial charge in [-0.2, -0.15) is 23.4 Å². The number of anilines is 1. The Morgan fingerprint density at radius 1 is 1.22 bits per heavy atom. The van der Waals surface area contributed by atoms with Crippen LogP contribution in [-0.2, 0) is 16.1 Å². The molecule has 3 rings (SSSR count). The first-order valence-corrected chi connectivity index (χ1v) is 11.0. The number of carbonyl (C=O) groups excluding carboxylic acids is 1. The first kappa shape index (κ1) is 28.5. The van der Waals surface area contributed by atoms with Crippen LogP contribution in [0.15, 0.2) is 36.5 Å². The lowest BCUT2D eigenvalue weighted by Gasteiger charge is -2.27. The standard InChI is InChI=1S/C21H26N6O2.C2HF3O2/c1-16(2)14-27(20-7-8-23-19(13-22)24-20)25-21(28)18-5-3-17(4-6-18)15-26-9-11-29-12-10-26;3-2(4,5)1(6)7/h3-8,16H,9-12,14-15H2,1-2H3,(H,25,28);(H,6,7). The lowest BCUT2D eigenvalue weighted by atomic mass is 10.1. The third kappa shape index (κ3) is 9.47. The summed E-state index contributed by atoms with van der Waals surface area (Å²) in [4.78, 5) is 32.1. The Bertz CT molecular complexity index is 1050. The molecule has 2 aromatic rings. The van der Waals surface area contributed by atoms with Gasteiger partial charge in [-0.05, 0) is 23.6 Å². The quantitative estimate of drug-likeness (QED) is 0.542. The number of carboxylic acid groups (broad SMARTS) is 1. The zero-order chi connectivity index (χ0) is 26.7. The van der Waals surface area contributed by atoms with Crippen molar-refractivity contribution in [2.24, 2.45) is 5.92 Å². The molecular weight excluding hydrogens is 481 g/mol. The van der Waals surface area contributed by atoms with Crippen molar-refractivity contribution in [1.82, 2.24) is 20.3 Å². The van der Waals surface area contributed by atoms with Gasteiger partial charge < -0.3 is 9.84 Å². The number of halogens is 3. The number of amides is 1. The number of morpholine rings is 1. The lowest BCUT2D eigenvalue weighted by molar-refractivity contribution is -0.192. The molecule has 0 saturated carbocycles. The molecule has 0 atom stereocenters. The highest BCUT2D eigenvalue weighted by Crippen LogP contribution is 2.14. The van der Waals surface area contributed by atoms with Gasteiger partial charge in [-0.15, -0.1) is 0 Å². The summed E-state index contributed by atoms with van der Waals surface area (Å²) in [6, 6.07) is 11.2. The van der Waals surface area contributed by atoms with Crippen LogP contribution in [0.4, 0.5) is 19.0 Å². The molecule has 0 radical (unpaired) electrons. The summed E-state index contributed by atoms with van der Waals surface area (Å²) in [6.07, 6.45) is -3.57. The number of nitrogens with one attached hydrogen (secondary N) is 1. The van der Waals surface area contributed by atoms with Crippen LogP contribution in [0.25, 0.3) is 0 Å². The van der Waals surface area contributed by atoms with E-state index in [1.807, 2.05) is 44.2 Å². The molecule has 1 aliphatic heterocycles. The molecular formula is C23H27F3N6O4. The number of carboxylic acids is 1. The van der Waals surface area contributed by atoms with Crippen LogP contribution in [0.3, 0.4) is 0 Å². The summed E-state index contributed by atoms with van der Waals surface area (Å²) in [5.41, 5.74) is 4.63. The van der Waals surface area contributed by atoms with Gasteiger partial charge in [0, 0.05) is 44.0 Å². The van der Waals surface area contributed by atoms with Crippen LogP contribution >= 0.6 is 0 Å². The summed E-state index contributed by atoms with van der Waals surface area (Å²) in [5.74, 6) is -2.14. The molecule has 1 saturated heterocycles. The molecule has 194 valence electrons. The molecule has 13 heteroatoms. The van der Waals surface area contributed by atoms with Crippen LogP contribution in [0.5, 0.6) is 0 Å². The molecule has 36 heavy (non-hydrogen) atoms. The average molecular weight is 509 g/mol. The number of aromatic nitrogens is 2. The summed E-state index contributed by atoms with van der Waals surface area (Å²) in [7, 11) is 0. The average Bonchev–Trinajstić information content (AvgIpc) is 2.84. The molecule has 0 unspecified atom stereocenters. The minimum atomic E-state index is -5.08. The zero-order valence-corrected chi connectivity index (χ0v) is 19.8. The van der Waals surface area contributed by atoms with Gasteiger partial charge in [0.05, 0.1) is 13.2 Å². The van der Waals surface area contributed by atoms with Gasteiger partial charge in [0.2, 0.25) is 5.82 Å². The number of carbonyl (C=O) groups is 2. The number of aliphatic carboxylic acids is 1. The fraction of sp³-hybridized carbons (Fsp3) is 0.435. The largest absolute Gasteiger partial charge is 0.490 e. The van der Waals surface area contributed by atoms with E-state index in [9.17, 15) is 18.0 Å². The van der Waals surface area contributed by atoms with Crippen molar-refractivity contribution >= 4 is 17.7 Å². The second kappa shape index (κ2) is 13.4. The van der Waals surface area contributed by atoms with Crippen molar-refractivity contribution in [3.8, 4) is 6.07 Å². The van der Waals surface area contributed by atoms with Crippen molar-refractivity contribution in [3.63, 3.8) is 0 Å². The molecule has 2 N–H and O–H groups in total. The lowest BCUT2D eigenvalue weighted by Crippen LogP contribution is -2.45. The van der Waals surface area contributed by atoms with E-state index < -0.39 is 12.1 Å². The number of benzene rings is 1. The number of ether oxygens (including phenoxy) is 1. The van der Waals surface area contributed by atoms with E-state index in [0.29, 0.717) is 17.9 Å². The van der Waals surface area contributed by atoms with Crippen LogP contribution < -0.4 is 10.4 Å². The molecule has 1 fully saturated rings. The normalized spacial score (nSPS) is 13.8. The van der Waals surface area contributed by atoms with Crippen molar-refractivity contribution in [1.29, 1.82) is 5.26 Å². The summed E-state index contributed by atoms with van der Waals surface area (Å²) in [6.45, 7) is 8.89. The third-order valence-electron chi connectivity index (χ3n) is 4.77. The highest BCUT2D eigenvalue weighted by molar-refractivity contribution is 5.95. The highest BCUT2D eigenvalue weighted by Gasteiger charge is 2.38. The molecule has 1 amide bonds. The number of alkyl halides is 3. The second-order valence-electron chi connectivity index (χ2n) is 8.18. The topological polar surface area (TPSA) is 132 Å². The Balaban J connectivity index is 0.000000572. The van der Waals surface area contributed by atoms with E-state index in [1.165, 1.54) is 6.20 Å². The van der Waals surface area contributed by atoms with Crippen molar-refractivity contribution in [3.05, 3.63) is 53.5 Å².